The van der Waals surface area contributed by atoms with Crippen molar-refractivity contribution in [2.75, 3.05) is 18.0 Å². The van der Waals surface area contributed by atoms with Crippen molar-refractivity contribution in [2.45, 2.75) is 64.6 Å². The van der Waals surface area contributed by atoms with E-state index in [0.717, 1.165) is 18.6 Å². The van der Waals surface area contributed by atoms with E-state index in [0.29, 0.717) is 24.4 Å². The van der Waals surface area contributed by atoms with Crippen molar-refractivity contribution in [3.63, 3.8) is 0 Å². The van der Waals surface area contributed by atoms with E-state index in [1.54, 1.807) is 46.9 Å². The number of fused-ring (bicyclic) bond motifs is 1. The number of hydrogen-bond acceptors (Lipinski definition) is 6. The highest BCUT2D eigenvalue weighted by Crippen LogP contribution is 2.36. The summed E-state index contributed by atoms with van der Waals surface area (Å²) in [5.41, 5.74) is -0.567. The highest BCUT2D eigenvalue weighted by molar-refractivity contribution is 6.00. The summed E-state index contributed by atoms with van der Waals surface area (Å²) in [6.45, 7) is 9.61. The van der Waals surface area contributed by atoms with E-state index in [1.165, 1.54) is 16.8 Å². The Morgan fingerprint density at radius 3 is 2.65 bits per heavy atom. The summed E-state index contributed by atoms with van der Waals surface area (Å²) >= 11 is 0. The molecule has 3 aromatic rings. The average Bonchev–Trinajstić information content (AvgIpc) is 3.45. The quantitative estimate of drug-likeness (QED) is 0.506. The van der Waals surface area contributed by atoms with Crippen LogP contribution in [0.1, 0.15) is 69.4 Å². The highest BCUT2D eigenvalue weighted by Gasteiger charge is 2.31. The fourth-order valence-electron chi connectivity index (χ4n) is 4.34. The molecule has 0 saturated carbocycles. The maximum absolute atomic E-state index is 14.5. The predicted octanol–water partition coefficient (Wildman–Crippen LogP) is 4.38. The van der Waals surface area contributed by atoms with Gasteiger partial charge in [0.05, 0.1) is 17.8 Å². The number of alkyl carbamates (subject to hydrolysis) is 1. The number of nitrogens with zero attached hydrogens (tertiary/aromatic N) is 4. The van der Waals surface area contributed by atoms with E-state index in [9.17, 15) is 18.4 Å². The lowest BCUT2D eigenvalue weighted by atomic mass is 10.0. The third-order valence-corrected chi connectivity index (χ3v) is 5.99. The van der Waals surface area contributed by atoms with Crippen LogP contribution in [-0.2, 0) is 4.74 Å². The number of anilines is 1. The van der Waals surface area contributed by atoms with Crippen LogP contribution in [0.5, 0.6) is 0 Å². The number of carbonyl (C=O) groups excluding carboxylic acids is 2. The zero-order valence-corrected chi connectivity index (χ0v) is 21.6. The summed E-state index contributed by atoms with van der Waals surface area (Å²) in [7, 11) is 0. The molecule has 1 unspecified atom stereocenters. The Labute approximate surface area is 214 Å². The first kappa shape index (κ1) is 26.3. The fraction of sp³-hybridized carbons (Fsp3) is 0.462. The van der Waals surface area contributed by atoms with Gasteiger partial charge in [0.2, 0.25) is 0 Å². The number of aromatic nitrogens is 3. The topological polar surface area (TPSA) is 101 Å². The summed E-state index contributed by atoms with van der Waals surface area (Å²) in [6.07, 6.45) is 3.97. The molecule has 198 valence electrons. The van der Waals surface area contributed by atoms with E-state index in [4.69, 9.17) is 4.74 Å². The standard InChI is InChI=1S/C26H32F2N6O3/c1-25(2,3)37-24(36)29-15-26(4,5)32-23(35)18-14-30-34-12-10-21(31-22(18)34)33-11-6-7-20(33)17-13-16(27)8-9-19(17)28/h8-10,12-14,20H,6-7,11,15H2,1-5H3,(H,29,36)(H,32,35). The van der Waals surface area contributed by atoms with Crippen molar-refractivity contribution in [3.05, 3.63) is 59.4 Å². The van der Waals surface area contributed by atoms with Crippen molar-refractivity contribution >= 4 is 23.5 Å². The van der Waals surface area contributed by atoms with Crippen LogP contribution in [0.4, 0.5) is 19.4 Å². The molecule has 0 bridgehead atoms. The number of rotatable bonds is 6. The molecule has 0 radical (unpaired) electrons. The normalized spacial score (nSPS) is 16.2. The molecule has 1 aliphatic heterocycles. The molecule has 2 N–H and O–H groups in total. The van der Waals surface area contributed by atoms with Gasteiger partial charge in [-0.05, 0) is 71.7 Å². The van der Waals surface area contributed by atoms with Crippen molar-refractivity contribution in [2.24, 2.45) is 0 Å². The van der Waals surface area contributed by atoms with Gasteiger partial charge >= 0.3 is 6.09 Å². The Hall–Kier alpha value is -3.76. The highest BCUT2D eigenvalue weighted by atomic mass is 19.1. The Balaban J connectivity index is 1.52. The molecule has 9 nitrogen and oxygen atoms in total. The number of hydrogen-bond donors (Lipinski definition) is 2. The molecule has 3 heterocycles. The van der Waals surface area contributed by atoms with E-state index < -0.39 is 34.8 Å². The van der Waals surface area contributed by atoms with Crippen molar-refractivity contribution in [1.82, 2.24) is 25.2 Å². The first-order valence-electron chi connectivity index (χ1n) is 12.2. The zero-order chi connectivity index (χ0) is 27.0. The molecule has 0 spiro atoms. The lowest BCUT2D eigenvalue weighted by Crippen LogP contribution is -2.52. The second kappa shape index (κ2) is 9.95. The number of nitrogens with one attached hydrogen (secondary N) is 2. The molecular weight excluding hydrogens is 482 g/mol. The van der Waals surface area contributed by atoms with E-state index in [-0.39, 0.29) is 23.7 Å². The molecule has 37 heavy (non-hydrogen) atoms. The smallest absolute Gasteiger partial charge is 0.407 e. The van der Waals surface area contributed by atoms with Gasteiger partial charge in [0.1, 0.15) is 28.6 Å². The van der Waals surface area contributed by atoms with Crippen LogP contribution in [0.2, 0.25) is 0 Å². The molecule has 0 aliphatic carbocycles. The minimum absolute atomic E-state index is 0.139. The fourth-order valence-corrected chi connectivity index (χ4v) is 4.34. The molecule has 1 aromatic carbocycles. The number of ether oxygens (including phenoxy) is 1. The summed E-state index contributed by atoms with van der Waals surface area (Å²) in [5.74, 6) is -0.833. The first-order chi connectivity index (χ1) is 17.3. The van der Waals surface area contributed by atoms with E-state index in [2.05, 4.69) is 20.7 Å². The molecule has 2 amide bonds. The largest absolute Gasteiger partial charge is 0.444 e. The third kappa shape index (κ3) is 6.15. The minimum atomic E-state index is -0.797. The van der Waals surface area contributed by atoms with Gasteiger partial charge in [0.25, 0.3) is 5.91 Å². The van der Waals surface area contributed by atoms with Gasteiger partial charge in [0, 0.05) is 24.8 Å². The van der Waals surface area contributed by atoms with Gasteiger partial charge < -0.3 is 20.3 Å². The van der Waals surface area contributed by atoms with Gasteiger partial charge in [0.15, 0.2) is 5.65 Å². The number of carbonyl (C=O) groups is 2. The van der Waals surface area contributed by atoms with Gasteiger partial charge in [-0.15, -0.1) is 0 Å². The molecular formula is C26H32F2N6O3. The van der Waals surface area contributed by atoms with Gasteiger partial charge in [-0.3, -0.25) is 4.79 Å². The molecule has 1 atom stereocenters. The molecule has 11 heteroatoms. The van der Waals surface area contributed by atoms with Crippen molar-refractivity contribution in [3.8, 4) is 0 Å². The maximum atomic E-state index is 14.5. The lowest BCUT2D eigenvalue weighted by Gasteiger charge is -2.28. The Morgan fingerprint density at radius 2 is 1.92 bits per heavy atom. The second-order valence-electron chi connectivity index (χ2n) is 10.8. The number of amides is 2. The first-order valence-corrected chi connectivity index (χ1v) is 12.2. The summed E-state index contributed by atoms with van der Waals surface area (Å²) < 4.78 is 35.1. The summed E-state index contributed by atoms with van der Waals surface area (Å²) in [6, 6.07) is 4.83. The average molecular weight is 515 g/mol. The Morgan fingerprint density at radius 1 is 1.16 bits per heavy atom. The minimum Gasteiger partial charge on any atom is -0.444 e. The molecule has 1 aliphatic rings. The zero-order valence-electron chi connectivity index (χ0n) is 21.6. The van der Waals surface area contributed by atoms with Crippen LogP contribution in [-0.4, -0.2) is 50.8 Å². The molecule has 2 aromatic heterocycles. The van der Waals surface area contributed by atoms with Crippen LogP contribution >= 0.6 is 0 Å². The maximum Gasteiger partial charge on any atom is 0.407 e. The lowest BCUT2D eigenvalue weighted by molar-refractivity contribution is 0.0509. The molecule has 1 fully saturated rings. The summed E-state index contributed by atoms with van der Waals surface area (Å²) in [5, 5.41) is 9.80. The Kier molecular flexibility index (Phi) is 7.07. The Bertz CT molecular complexity index is 1320. The number of benzene rings is 1. The van der Waals surface area contributed by atoms with Crippen molar-refractivity contribution in [1.29, 1.82) is 0 Å². The SMILES string of the molecule is CC(C)(CNC(=O)OC(C)(C)C)NC(=O)c1cnn2ccc(N3CCCC3c3cc(F)ccc3F)nc12. The third-order valence-electron chi connectivity index (χ3n) is 5.99. The van der Waals surface area contributed by atoms with Gasteiger partial charge in [-0.2, -0.15) is 5.10 Å². The number of halogens is 2. The van der Waals surface area contributed by atoms with Crippen LogP contribution in [0.25, 0.3) is 5.65 Å². The van der Waals surface area contributed by atoms with Crippen LogP contribution in [0.3, 0.4) is 0 Å². The van der Waals surface area contributed by atoms with Gasteiger partial charge in [-0.25, -0.2) is 23.1 Å². The van der Waals surface area contributed by atoms with E-state index >= 15 is 0 Å². The molecule has 4 rings (SSSR count). The van der Waals surface area contributed by atoms with Crippen LogP contribution in [0, 0.1) is 11.6 Å². The second-order valence-corrected chi connectivity index (χ2v) is 10.8. The predicted molar refractivity (Wildman–Crippen MR) is 134 cm³/mol. The van der Waals surface area contributed by atoms with Crippen LogP contribution < -0.4 is 15.5 Å². The monoisotopic (exact) mass is 514 g/mol. The van der Waals surface area contributed by atoms with E-state index in [1.807, 2.05) is 4.90 Å². The molecule has 1 saturated heterocycles. The van der Waals surface area contributed by atoms with Crippen LogP contribution in [0.15, 0.2) is 36.7 Å². The van der Waals surface area contributed by atoms with Crippen molar-refractivity contribution < 1.29 is 23.1 Å². The van der Waals surface area contributed by atoms with Gasteiger partial charge in [-0.1, -0.05) is 0 Å². The summed E-state index contributed by atoms with van der Waals surface area (Å²) in [4.78, 5) is 31.8.